The van der Waals surface area contributed by atoms with E-state index in [2.05, 4.69) is 20.8 Å². The molecule has 3 aromatic rings. The Balaban J connectivity index is 1.62. The zero-order valence-electron chi connectivity index (χ0n) is 15.8. The Hall–Kier alpha value is -2.26. The summed E-state index contributed by atoms with van der Waals surface area (Å²) < 4.78 is 16.5. The molecule has 0 atom stereocenters. The van der Waals surface area contributed by atoms with Crippen LogP contribution in [0.25, 0.3) is 0 Å². The monoisotopic (exact) mass is 432 g/mol. The van der Waals surface area contributed by atoms with Crippen molar-refractivity contribution in [2.75, 3.05) is 0 Å². The van der Waals surface area contributed by atoms with Gasteiger partial charge in [-0.3, -0.25) is 10.1 Å². The molecule has 0 radical (unpaired) electrons. The van der Waals surface area contributed by atoms with Gasteiger partial charge in [-0.1, -0.05) is 43.2 Å². The molecule has 2 heterocycles. The number of nitrogens with zero attached hydrogens (tertiary/aromatic N) is 4. The Morgan fingerprint density at radius 3 is 2.76 bits per heavy atom. The first-order chi connectivity index (χ1) is 14.1. The second-order valence-corrected chi connectivity index (χ2v) is 9.07. The molecule has 1 aliphatic rings. The Bertz CT molecular complexity index is 985. The molecule has 1 aromatic carbocycles. The third kappa shape index (κ3) is 4.51. The summed E-state index contributed by atoms with van der Waals surface area (Å²) >= 11 is 3.01. The fourth-order valence-corrected chi connectivity index (χ4v) is 5.55. The van der Waals surface area contributed by atoms with Crippen LogP contribution in [0.1, 0.15) is 54.4 Å². The van der Waals surface area contributed by atoms with E-state index < -0.39 is 10.7 Å². The molecule has 1 fully saturated rings. The lowest BCUT2D eigenvalue weighted by Gasteiger charge is -2.25. The standard InChI is InChI=1S/C20H21FN4O2S2/c21-17-9-4-10-18(25(26)27)16(17)13-29-20-23-22-19(12-15-8-5-11-28-15)24(20)14-6-2-1-3-7-14/h4-5,8-11,14H,1-3,6-7,12-13H2. The molecule has 2 aromatic heterocycles. The van der Waals surface area contributed by atoms with Gasteiger partial charge >= 0.3 is 0 Å². The summed E-state index contributed by atoms with van der Waals surface area (Å²) in [4.78, 5) is 12.0. The molecular weight excluding hydrogens is 411 g/mol. The minimum Gasteiger partial charge on any atom is -0.303 e. The lowest BCUT2D eigenvalue weighted by molar-refractivity contribution is -0.385. The van der Waals surface area contributed by atoms with Gasteiger partial charge in [0, 0.05) is 29.2 Å². The first kappa shape index (κ1) is 20.0. The summed E-state index contributed by atoms with van der Waals surface area (Å²) in [5, 5.41) is 22.8. The lowest BCUT2D eigenvalue weighted by Crippen LogP contribution is -2.16. The Kier molecular flexibility index (Phi) is 6.25. The van der Waals surface area contributed by atoms with Crippen LogP contribution < -0.4 is 0 Å². The summed E-state index contributed by atoms with van der Waals surface area (Å²) in [6, 6.07) is 8.40. The normalized spacial score (nSPS) is 14.9. The summed E-state index contributed by atoms with van der Waals surface area (Å²) in [5.41, 5.74) is -0.0967. The van der Waals surface area contributed by atoms with E-state index in [-0.39, 0.29) is 17.0 Å². The zero-order valence-corrected chi connectivity index (χ0v) is 17.4. The van der Waals surface area contributed by atoms with Crippen molar-refractivity contribution in [2.24, 2.45) is 0 Å². The number of nitro benzene ring substituents is 1. The second-order valence-electron chi connectivity index (χ2n) is 7.10. The molecule has 29 heavy (non-hydrogen) atoms. The Morgan fingerprint density at radius 2 is 2.03 bits per heavy atom. The van der Waals surface area contributed by atoms with E-state index >= 15 is 0 Å². The van der Waals surface area contributed by atoms with E-state index in [1.54, 1.807) is 11.3 Å². The fourth-order valence-electron chi connectivity index (χ4n) is 3.80. The average Bonchev–Trinajstić information content (AvgIpc) is 3.38. The van der Waals surface area contributed by atoms with E-state index in [0.29, 0.717) is 17.6 Å². The molecule has 0 spiro atoms. The molecule has 9 heteroatoms. The average molecular weight is 433 g/mol. The van der Waals surface area contributed by atoms with Crippen molar-refractivity contribution in [3.05, 3.63) is 67.9 Å². The summed E-state index contributed by atoms with van der Waals surface area (Å²) in [7, 11) is 0. The predicted molar refractivity (Wildman–Crippen MR) is 112 cm³/mol. The molecule has 152 valence electrons. The number of thioether (sulfide) groups is 1. The minimum atomic E-state index is -0.561. The summed E-state index contributed by atoms with van der Waals surface area (Å²) in [5.74, 6) is 0.492. The number of benzene rings is 1. The molecule has 0 amide bonds. The van der Waals surface area contributed by atoms with Gasteiger partial charge in [-0.25, -0.2) is 4.39 Å². The van der Waals surface area contributed by atoms with Crippen molar-refractivity contribution in [1.82, 2.24) is 14.8 Å². The van der Waals surface area contributed by atoms with Gasteiger partial charge in [-0.2, -0.15) is 0 Å². The lowest BCUT2D eigenvalue weighted by atomic mass is 9.95. The van der Waals surface area contributed by atoms with Gasteiger partial charge in [0.15, 0.2) is 5.16 Å². The van der Waals surface area contributed by atoms with E-state index in [4.69, 9.17) is 0 Å². The molecule has 0 N–H and O–H groups in total. The SMILES string of the molecule is O=[N+]([O-])c1cccc(F)c1CSc1nnc(Cc2cccs2)n1C1CCCCC1. The van der Waals surface area contributed by atoms with Crippen molar-refractivity contribution in [3.8, 4) is 0 Å². The van der Waals surface area contributed by atoms with Gasteiger partial charge in [0.05, 0.1) is 10.5 Å². The highest BCUT2D eigenvalue weighted by Crippen LogP contribution is 2.35. The van der Waals surface area contributed by atoms with Crippen LogP contribution >= 0.6 is 23.1 Å². The molecule has 6 nitrogen and oxygen atoms in total. The van der Waals surface area contributed by atoms with Gasteiger partial charge < -0.3 is 4.57 Å². The summed E-state index contributed by atoms with van der Waals surface area (Å²) in [6.45, 7) is 0. The van der Waals surface area contributed by atoms with E-state index in [9.17, 15) is 14.5 Å². The van der Waals surface area contributed by atoms with Crippen LogP contribution in [-0.2, 0) is 12.2 Å². The van der Waals surface area contributed by atoms with E-state index in [1.165, 1.54) is 54.1 Å². The van der Waals surface area contributed by atoms with Crippen molar-refractivity contribution < 1.29 is 9.31 Å². The van der Waals surface area contributed by atoms with Crippen molar-refractivity contribution in [2.45, 2.75) is 55.5 Å². The molecule has 0 saturated heterocycles. The molecule has 1 saturated carbocycles. The van der Waals surface area contributed by atoms with Crippen molar-refractivity contribution in [1.29, 1.82) is 0 Å². The number of rotatable bonds is 7. The minimum absolute atomic E-state index is 0.0977. The number of halogens is 1. The maximum Gasteiger partial charge on any atom is 0.276 e. The second kappa shape index (κ2) is 9.04. The highest BCUT2D eigenvalue weighted by atomic mass is 32.2. The van der Waals surface area contributed by atoms with Crippen LogP contribution in [0.3, 0.4) is 0 Å². The third-order valence-electron chi connectivity index (χ3n) is 5.22. The molecule has 0 bridgehead atoms. The highest BCUT2D eigenvalue weighted by molar-refractivity contribution is 7.98. The molecule has 4 rings (SSSR count). The molecule has 0 aliphatic heterocycles. The van der Waals surface area contributed by atoms with E-state index in [0.717, 1.165) is 18.7 Å². The number of nitro groups is 1. The highest BCUT2D eigenvalue weighted by Gasteiger charge is 2.25. The Morgan fingerprint density at radius 1 is 1.21 bits per heavy atom. The predicted octanol–water partition coefficient (Wildman–Crippen LogP) is 5.78. The van der Waals surface area contributed by atoms with Crippen LogP contribution in [0.2, 0.25) is 0 Å². The molecule has 0 unspecified atom stereocenters. The van der Waals surface area contributed by atoms with E-state index in [1.807, 2.05) is 11.4 Å². The molecule has 1 aliphatic carbocycles. The van der Waals surface area contributed by atoms with Crippen LogP contribution in [0.15, 0.2) is 40.9 Å². The maximum atomic E-state index is 14.3. The topological polar surface area (TPSA) is 73.8 Å². The van der Waals surface area contributed by atoms with Crippen molar-refractivity contribution >= 4 is 28.8 Å². The van der Waals surface area contributed by atoms with Gasteiger partial charge in [0.2, 0.25) is 0 Å². The number of hydrogen-bond acceptors (Lipinski definition) is 6. The van der Waals surface area contributed by atoms with Crippen molar-refractivity contribution in [3.63, 3.8) is 0 Å². The smallest absolute Gasteiger partial charge is 0.276 e. The number of aromatic nitrogens is 3. The quantitative estimate of drug-likeness (QED) is 0.269. The fraction of sp³-hybridized carbons (Fsp3) is 0.400. The van der Waals surface area contributed by atoms with Gasteiger partial charge in [-0.15, -0.1) is 21.5 Å². The van der Waals surface area contributed by atoms with Crippen LogP contribution in [0.4, 0.5) is 10.1 Å². The zero-order chi connectivity index (χ0) is 20.2. The first-order valence-corrected chi connectivity index (χ1v) is 11.5. The maximum absolute atomic E-state index is 14.3. The summed E-state index contributed by atoms with van der Waals surface area (Å²) in [6.07, 6.45) is 6.44. The third-order valence-corrected chi connectivity index (χ3v) is 7.07. The van der Waals surface area contributed by atoms with Gasteiger partial charge in [0.1, 0.15) is 11.6 Å². The van der Waals surface area contributed by atoms with Crippen LogP contribution in [0.5, 0.6) is 0 Å². The Labute approximate surface area is 176 Å². The largest absolute Gasteiger partial charge is 0.303 e. The molecular formula is C20H21FN4O2S2. The number of hydrogen-bond donors (Lipinski definition) is 0. The van der Waals surface area contributed by atoms with Crippen LogP contribution in [0, 0.1) is 15.9 Å². The number of thiophene rings is 1. The van der Waals surface area contributed by atoms with Gasteiger partial charge in [-0.05, 0) is 30.4 Å². The first-order valence-electron chi connectivity index (χ1n) is 9.64. The van der Waals surface area contributed by atoms with Gasteiger partial charge in [0.25, 0.3) is 5.69 Å². The van der Waals surface area contributed by atoms with Crippen LogP contribution in [-0.4, -0.2) is 19.7 Å².